The van der Waals surface area contributed by atoms with Crippen LogP contribution in [0.25, 0.3) is 0 Å². The molecule has 1 heterocycles. The van der Waals surface area contributed by atoms with Crippen LogP contribution in [0.5, 0.6) is 5.75 Å². The Morgan fingerprint density at radius 1 is 1.09 bits per heavy atom. The number of aryl methyl sites for hydroxylation is 2. The van der Waals surface area contributed by atoms with Gasteiger partial charge in [-0.3, -0.25) is 9.10 Å². The van der Waals surface area contributed by atoms with E-state index in [4.69, 9.17) is 4.74 Å². The summed E-state index contributed by atoms with van der Waals surface area (Å²) in [5.74, 6) is -0.225. The highest BCUT2D eigenvalue weighted by Crippen LogP contribution is 2.33. The van der Waals surface area contributed by atoms with Crippen molar-refractivity contribution in [2.24, 2.45) is 5.10 Å². The van der Waals surface area contributed by atoms with Crippen LogP contribution in [-0.2, 0) is 14.8 Å². The predicted octanol–water partition coefficient (Wildman–Crippen LogP) is 4.11. The number of hydrazone groups is 1. The van der Waals surface area contributed by atoms with Crippen LogP contribution in [0.4, 0.5) is 5.69 Å². The highest BCUT2D eigenvalue weighted by molar-refractivity contribution is 7.92. The maximum atomic E-state index is 13.5. The minimum Gasteiger partial charge on any atom is -0.495 e. The molecule has 0 aliphatic carbocycles. The summed E-state index contributed by atoms with van der Waals surface area (Å²) in [6.45, 7) is 5.03. The van der Waals surface area contributed by atoms with E-state index in [2.05, 4.69) is 10.5 Å². The number of amides is 1. The molecule has 3 rings (SSSR count). The minimum atomic E-state index is -4.05. The van der Waals surface area contributed by atoms with Crippen molar-refractivity contribution in [2.45, 2.75) is 25.7 Å². The monoisotopic (exact) mass is 471 g/mol. The summed E-state index contributed by atoms with van der Waals surface area (Å²) in [4.78, 5) is 13.7. The Morgan fingerprint density at radius 2 is 1.78 bits per heavy atom. The lowest BCUT2D eigenvalue weighted by atomic mass is 10.2. The number of carbonyl (C=O) groups excluding carboxylic acids is 1. The molecule has 3 aromatic rings. The first kappa shape index (κ1) is 23.5. The van der Waals surface area contributed by atoms with Crippen LogP contribution in [0.15, 0.2) is 70.0 Å². The average Bonchev–Trinajstić information content (AvgIpc) is 3.31. The number of carbonyl (C=O) groups is 1. The van der Waals surface area contributed by atoms with Crippen LogP contribution >= 0.6 is 11.3 Å². The van der Waals surface area contributed by atoms with E-state index in [9.17, 15) is 13.2 Å². The molecule has 168 valence electrons. The molecule has 0 bridgehead atoms. The third-order valence-electron chi connectivity index (χ3n) is 4.73. The van der Waals surface area contributed by atoms with E-state index >= 15 is 0 Å². The summed E-state index contributed by atoms with van der Waals surface area (Å²) >= 11 is 1.50. The maximum Gasteiger partial charge on any atom is 0.264 e. The molecule has 1 aromatic heterocycles. The Labute approximate surface area is 192 Å². The molecule has 0 unspecified atom stereocenters. The van der Waals surface area contributed by atoms with Crippen molar-refractivity contribution in [2.75, 3.05) is 18.0 Å². The van der Waals surface area contributed by atoms with Crippen molar-refractivity contribution in [3.05, 3.63) is 76.0 Å². The van der Waals surface area contributed by atoms with Gasteiger partial charge >= 0.3 is 0 Å². The number of anilines is 1. The van der Waals surface area contributed by atoms with E-state index in [-0.39, 0.29) is 10.6 Å². The first-order valence-corrected chi connectivity index (χ1v) is 12.2. The average molecular weight is 472 g/mol. The summed E-state index contributed by atoms with van der Waals surface area (Å²) in [6, 6.07) is 15.4. The molecule has 0 saturated carbocycles. The summed E-state index contributed by atoms with van der Waals surface area (Å²) in [6.07, 6.45) is 0. The highest BCUT2D eigenvalue weighted by atomic mass is 32.2. The van der Waals surface area contributed by atoms with Crippen LogP contribution in [0.3, 0.4) is 0 Å². The molecular formula is C23H25N3O4S2. The maximum absolute atomic E-state index is 13.5. The SMILES string of the molecule is COc1ccc(C)cc1N(CC(=O)N/N=C(/C)c1cccs1)S(=O)(=O)c1ccc(C)cc1. The summed E-state index contributed by atoms with van der Waals surface area (Å²) in [5.41, 5.74) is 5.14. The number of hydrogen-bond acceptors (Lipinski definition) is 6. The van der Waals surface area contributed by atoms with Crippen LogP contribution in [0.2, 0.25) is 0 Å². The third-order valence-corrected chi connectivity index (χ3v) is 7.48. The minimum absolute atomic E-state index is 0.0812. The van der Waals surface area contributed by atoms with E-state index in [1.54, 1.807) is 31.2 Å². The Bertz CT molecular complexity index is 1220. The number of methoxy groups -OCH3 is 1. The van der Waals surface area contributed by atoms with Gasteiger partial charge in [0, 0.05) is 4.88 Å². The Morgan fingerprint density at radius 3 is 2.41 bits per heavy atom. The van der Waals surface area contributed by atoms with Gasteiger partial charge in [0.05, 0.1) is 23.4 Å². The zero-order chi connectivity index (χ0) is 23.3. The van der Waals surface area contributed by atoms with Gasteiger partial charge in [-0.25, -0.2) is 13.8 Å². The molecule has 32 heavy (non-hydrogen) atoms. The number of nitrogens with one attached hydrogen (secondary N) is 1. The van der Waals surface area contributed by atoms with Gasteiger partial charge in [0.2, 0.25) is 0 Å². The fraction of sp³-hybridized carbons (Fsp3) is 0.217. The molecule has 0 saturated heterocycles. The molecule has 0 aliphatic rings. The van der Waals surface area contributed by atoms with Crippen molar-refractivity contribution in [3.63, 3.8) is 0 Å². The lowest BCUT2D eigenvalue weighted by molar-refractivity contribution is -0.119. The number of sulfonamides is 1. The molecule has 0 atom stereocenters. The quantitative estimate of drug-likeness (QED) is 0.396. The van der Waals surface area contributed by atoms with Gasteiger partial charge in [0.1, 0.15) is 12.3 Å². The van der Waals surface area contributed by atoms with Gasteiger partial charge in [-0.1, -0.05) is 29.8 Å². The lowest BCUT2D eigenvalue weighted by Crippen LogP contribution is -2.40. The highest BCUT2D eigenvalue weighted by Gasteiger charge is 2.29. The molecule has 1 amide bonds. The van der Waals surface area contributed by atoms with E-state index < -0.39 is 22.5 Å². The van der Waals surface area contributed by atoms with Gasteiger partial charge < -0.3 is 4.74 Å². The smallest absolute Gasteiger partial charge is 0.264 e. The second-order valence-electron chi connectivity index (χ2n) is 7.21. The van der Waals surface area contributed by atoms with Crippen LogP contribution in [0, 0.1) is 13.8 Å². The van der Waals surface area contributed by atoms with E-state index in [0.29, 0.717) is 11.5 Å². The summed E-state index contributed by atoms with van der Waals surface area (Å²) in [7, 11) is -2.59. The van der Waals surface area contributed by atoms with Crippen molar-refractivity contribution >= 4 is 38.7 Å². The number of rotatable bonds is 8. The Hall–Kier alpha value is -3.17. The number of ether oxygens (including phenoxy) is 1. The first-order valence-electron chi connectivity index (χ1n) is 9.83. The first-order chi connectivity index (χ1) is 15.2. The second kappa shape index (κ2) is 9.97. The number of benzene rings is 2. The third kappa shape index (κ3) is 5.35. The van der Waals surface area contributed by atoms with Crippen LogP contribution < -0.4 is 14.5 Å². The largest absolute Gasteiger partial charge is 0.495 e. The van der Waals surface area contributed by atoms with E-state index in [1.165, 1.54) is 30.6 Å². The molecule has 2 aromatic carbocycles. The molecule has 9 heteroatoms. The van der Waals surface area contributed by atoms with Crippen molar-refractivity contribution in [3.8, 4) is 5.75 Å². The number of nitrogens with zero attached hydrogens (tertiary/aromatic N) is 2. The summed E-state index contributed by atoms with van der Waals surface area (Å²) in [5, 5.41) is 6.03. The second-order valence-corrected chi connectivity index (χ2v) is 10.0. The van der Waals surface area contributed by atoms with Gasteiger partial charge in [-0.2, -0.15) is 5.10 Å². The van der Waals surface area contributed by atoms with Crippen molar-refractivity contribution < 1.29 is 17.9 Å². The van der Waals surface area contributed by atoms with Crippen LogP contribution in [0.1, 0.15) is 22.9 Å². The molecule has 0 fully saturated rings. The zero-order valence-corrected chi connectivity index (χ0v) is 20.0. The normalized spacial score (nSPS) is 11.8. The van der Waals surface area contributed by atoms with Gasteiger partial charge in [-0.05, 0) is 62.0 Å². The summed E-state index contributed by atoms with van der Waals surface area (Å²) < 4.78 is 33.5. The van der Waals surface area contributed by atoms with Crippen molar-refractivity contribution in [1.29, 1.82) is 0 Å². The molecule has 0 aliphatic heterocycles. The molecule has 7 nitrogen and oxygen atoms in total. The topological polar surface area (TPSA) is 88.1 Å². The molecular weight excluding hydrogens is 446 g/mol. The van der Waals surface area contributed by atoms with Crippen molar-refractivity contribution in [1.82, 2.24) is 5.43 Å². The Kier molecular flexibility index (Phi) is 7.32. The van der Waals surface area contributed by atoms with E-state index in [0.717, 1.165) is 20.3 Å². The number of thiophene rings is 1. The lowest BCUT2D eigenvalue weighted by Gasteiger charge is -2.25. The van der Waals surface area contributed by atoms with Crippen LogP contribution in [-0.4, -0.2) is 33.7 Å². The number of hydrogen-bond donors (Lipinski definition) is 1. The fourth-order valence-electron chi connectivity index (χ4n) is 2.98. The zero-order valence-electron chi connectivity index (χ0n) is 18.3. The van der Waals surface area contributed by atoms with Gasteiger partial charge in [0.15, 0.2) is 0 Å². The van der Waals surface area contributed by atoms with E-state index in [1.807, 2.05) is 37.4 Å². The fourth-order valence-corrected chi connectivity index (χ4v) is 5.08. The molecule has 0 radical (unpaired) electrons. The molecule has 1 N–H and O–H groups in total. The standard InChI is InChI=1S/C23H25N3O4S2/c1-16-7-10-19(11-8-16)32(28,29)26(20-14-17(2)9-12-21(20)30-4)15-23(27)25-24-18(3)22-6-5-13-31-22/h5-14H,15H2,1-4H3,(H,25,27)/b24-18-. The predicted molar refractivity (Wildman–Crippen MR) is 128 cm³/mol. The Balaban J connectivity index is 1.97. The molecule has 0 spiro atoms. The van der Waals surface area contributed by atoms with Gasteiger partial charge in [-0.15, -0.1) is 11.3 Å². The van der Waals surface area contributed by atoms with Gasteiger partial charge in [0.25, 0.3) is 15.9 Å².